The van der Waals surface area contributed by atoms with E-state index >= 15 is 0 Å². The highest BCUT2D eigenvalue weighted by molar-refractivity contribution is 5.86. The van der Waals surface area contributed by atoms with Crippen LogP contribution in [-0.2, 0) is 14.3 Å². The van der Waals surface area contributed by atoms with Crippen molar-refractivity contribution in [3.8, 4) is 0 Å². The zero-order chi connectivity index (χ0) is 16.2. The van der Waals surface area contributed by atoms with Crippen LogP contribution in [0.3, 0.4) is 0 Å². The summed E-state index contributed by atoms with van der Waals surface area (Å²) in [7, 11) is 0. The molecule has 0 aromatic carbocycles. The summed E-state index contributed by atoms with van der Waals surface area (Å²) in [5.74, 6) is -0.810. The lowest BCUT2D eigenvalue weighted by Crippen LogP contribution is -2.49. The maximum atomic E-state index is 12.3. The lowest BCUT2D eigenvalue weighted by molar-refractivity contribution is -0.160. The summed E-state index contributed by atoms with van der Waals surface area (Å²) in [6, 6.07) is -0.643. The molecule has 0 bridgehead atoms. The van der Waals surface area contributed by atoms with E-state index < -0.39 is 23.7 Å². The Morgan fingerprint density at radius 3 is 2.33 bits per heavy atom. The van der Waals surface area contributed by atoms with E-state index in [0.717, 1.165) is 19.3 Å². The number of rotatable bonds is 4. The fraction of sp³-hybridized carbons (Fsp3) is 0.875. The molecule has 0 aliphatic heterocycles. The number of amides is 1. The Labute approximate surface area is 127 Å². The molecule has 1 unspecified atom stereocenters. The van der Waals surface area contributed by atoms with Gasteiger partial charge < -0.3 is 15.2 Å². The van der Waals surface area contributed by atoms with Crippen LogP contribution in [0.2, 0.25) is 0 Å². The molecular weight excluding hydrogens is 270 g/mol. The van der Waals surface area contributed by atoms with Gasteiger partial charge in [-0.25, -0.2) is 4.79 Å². The number of nitrogens with one attached hydrogen (secondary N) is 1. The van der Waals surface area contributed by atoms with Crippen LogP contribution in [0.5, 0.6) is 0 Å². The van der Waals surface area contributed by atoms with Gasteiger partial charge in [0.05, 0.1) is 6.10 Å². The predicted molar refractivity (Wildman–Crippen MR) is 80.6 cm³/mol. The minimum atomic E-state index is -0.643. The number of carbonyl (C=O) groups excluding carboxylic acids is 2. The van der Waals surface area contributed by atoms with E-state index in [-0.39, 0.29) is 17.7 Å². The fourth-order valence-corrected chi connectivity index (χ4v) is 2.54. The van der Waals surface area contributed by atoms with Crippen molar-refractivity contribution in [1.29, 1.82) is 0 Å². The quantitative estimate of drug-likeness (QED) is 0.779. The van der Waals surface area contributed by atoms with Crippen LogP contribution in [0.1, 0.15) is 60.3 Å². The average molecular weight is 299 g/mol. The number of aliphatic hydroxyl groups excluding tert-OH is 1. The van der Waals surface area contributed by atoms with Gasteiger partial charge in [0, 0.05) is 5.92 Å². The lowest BCUT2D eigenvalue weighted by Gasteiger charge is -2.29. The first-order chi connectivity index (χ1) is 9.60. The maximum absolute atomic E-state index is 12.3. The van der Waals surface area contributed by atoms with Crippen molar-refractivity contribution in [3.63, 3.8) is 0 Å². The molecule has 0 saturated heterocycles. The Morgan fingerprint density at radius 1 is 1.24 bits per heavy atom. The molecule has 0 spiro atoms. The predicted octanol–water partition coefficient (Wildman–Crippen LogP) is 2.02. The average Bonchev–Trinajstić information content (AvgIpc) is 2.32. The summed E-state index contributed by atoms with van der Waals surface area (Å²) in [5, 5.41) is 12.5. The normalized spacial score (nSPS) is 24.5. The fourth-order valence-electron chi connectivity index (χ4n) is 2.54. The molecule has 5 heteroatoms. The molecule has 0 radical (unpaired) electrons. The van der Waals surface area contributed by atoms with Crippen molar-refractivity contribution < 1.29 is 19.4 Å². The first-order valence-electron chi connectivity index (χ1n) is 7.81. The Balaban J connectivity index is 2.65. The van der Waals surface area contributed by atoms with Crippen molar-refractivity contribution >= 4 is 11.9 Å². The van der Waals surface area contributed by atoms with Gasteiger partial charge in [0.25, 0.3) is 0 Å². The maximum Gasteiger partial charge on any atom is 0.329 e. The van der Waals surface area contributed by atoms with Gasteiger partial charge >= 0.3 is 5.97 Å². The summed E-state index contributed by atoms with van der Waals surface area (Å²) in [6.07, 6.45) is 2.43. The van der Waals surface area contributed by atoms with E-state index in [1.165, 1.54) is 0 Å². The largest absolute Gasteiger partial charge is 0.458 e. The highest BCUT2D eigenvalue weighted by Gasteiger charge is 2.33. The third-order valence-corrected chi connectivity index (χ3v) is 3.64. The third kappa shape index (κ3) is 6.04. The smallest absolute Gasteiger partial charge is 0.329 e. The molecule has 2 N–H and O–H groups in total. The third-order valence-electron chi connectivity index (χ3n) is 3.64. The second-order valence-electron chi connectivity index (χ2n) is 7.28. The molecule has 1 aliphatic carbocycles. The molecule has 1 rings (SSSR count). The summed E-state index contributed by atoms with van der Waals surface area (Å²) >= 11 is 0. The number of carbonyl (C=O) groups is 2. The number of aliphatic hydroxyl groups is 1. The Bertz CT molecular complexity index is 373. The summed E-state index contributed by atoms with van der Waals surface area (Å²) in [4.78, 5) is 24.5. The molecule has 3 atom stereocenters. The minimum Gasteiger partial charge on any atom is -0.458 e. The molecule has 1 aliphatic rings. The topological polar surface area (TPSA) is 75.6 Å². The zero-order valence-electron chi connectivity index (χ0n) is 13.8. The molecule has 0 heterocycles. The van der Waals surface area contributed by atoms with Crippen LogP contribution in [-0.4, -0.2) is 34.7 Å². The second-order valence-corrected chi connectivity index (χ2v) is 7.28. The van der Waals surface area contributed by atoms with Crippen molar-refractivity contribution in [2.45, 2.75) is 78.0 Å². The molecule has 122 valence electrons. The molecule has 0 aromatic rings. The van der Waals surface area contributed by atoms with Gasteiger partial charge in [0.1, 0.15) is 11.6 Å². The number of hydrogen-bond donors (Lipinski definition) is 2. The van der Waals surface area contributed by atoms with Gasteiger partial charge in [0.15, 0.2) is 0 Å². The van der Waals surface area contributed by atoms with E-state index in [4.69, 9.17) is 4.74 Å². The van der Waals surface area contributed by atoms with E-state index in [2.05, 4.69) is 5.32 Å². The van der Waals surface area contributed by atoms with Crippen LogP contribution >= 0.6 is 0 Å². The van der Waals surface area contributed by atoms with Crippen molar-refractivity contribution in [1.82, 2.24) is 5.32 Å². The molecule has 5 nitrogen and oxygen atoms in total. The van der Waals surface area contributed by atoms with E-state index in [1.807, 2.05) is 34.6 Å². The summed E-state index contributed by atoms with van der Waals surface area (Å²) in [6.45, 7) is 9.18. The van der Waals surface area contributed by atoms with E-state index in [1.54, 1.807) is 0 Å². The number of esters is 1. The van der Waals surface area contributed by atoms with Crippen molar-refractivity contribution in [2.75, 3.05) is 0 Å². The van der Waals surface area contributed by atoms with Crippen molar-refractivity contribution in [2.24, 2.45) is 11.8 Å². The minimum absolute atomic E-state index is 0.0442. The number of hydrogen-bond acceptors (Lipinski definition) is 4. The first kappa shape index (κ1) is 18.0. The lowest BCUT2D eigenvalue weighted by atomic mass is 9.86. The molecule has 1 fully saturated rings. The SMILES string of the molecule is CC(C)C(NC(=O)[C@H]1CCC[C@@H](O)C1)C(=O)OC(C)(C)C. The zero-order valence-corrected chi connectivity index (χ0v) is 13.8. The van der Waals surface area contributed by atoms with Crippen LogP contribution in [0.4, 0.5) is 0 Å². The first-order valence-corrected chi connectivity index (χ1v) is 7.81. The molecule has 0 aromatic heterocycles. The summed E-state index contributed by atoms with van der Waals surface area (Å²) < 4.78 is 5.37. The van der Waals surface area contributed by atoms with Gasteiger partial charge in [-0.1, -0.05) is 20.3 Å². The van der Waals surface area contributed by atoms with Crippen LogP contribution in [0.25, 0.3) is 0 Å². The standard InChI is InChI=1S/C16H29NO4/c1-10(2)13(15(20)21-16(3,4)5)17-14(19)11-7-6-8-12(18)9-11/h10-13,18H,6-9H2,1-5H3,(H,17,19)/t11-,12+,13?/m0/s1. The molecule has 21 heavy (non-hydrogen) atoms. The second kappa shape index (κ2) is 7.25. The highest BCUT2D eigenvalue weighted by atomic mass is 16.6. The van der Waals surface area contributed by atoms with E-state index in [9.17, 15) is 14.7 Å². The van der Waals surface area contributed by atoms with Gasteiger partial charge in [0.2, 0.25) is 5.91 Å². The Hall–Kier alpha value is -1.10. The van der Waals surface area contributed by atoms with Crippen LogP contribution in [0.15, 0.2) is 0 Å². The van der Waals surface area contributed by atoms with Gasteiger partial charge in [-0.05, 0) is 46.0 Å². The van der Waals surface area contributed by atoms with Crippen LogP contribution < -0.4 is 5.32 Å². The molecule has 1 saturated carbocycles. The van der Waals surface area contributed by atoms with Gasteiger partial charge in [-0.3, -0.25) is 4.79 Å². The Kier molecular flexibility index (Phi) is 6.20. The highest BCUT2D eigenvalue weighted by Crippen LogP contribution is 2.25. The Morgan fingerprint density at radius 2 is 1.86 bits per heavy atom. The molecular formula is C16H29NO4. The van der Waals surface area contributed by atoms with Gasteiger partial charge in [-0.15, -0.1) is 0 Å². The van der Waals surface area contributed by atoms with E-state index in [0.29, 0.717) is 6.42 Å². The van der Waals surface area contributed by atoms with Crippen molar-refractivity contribution in [3.05, 3.63) is 0 Å². The van der Waals surface area contributed by atoms with Gasteiger partial charge in [-0.2, -0.15) is 0 Å². The monoisotopic (exact) mass is 299 g/mol. The number of ether oxygens (including phenoxy) is 1. The van der Waals surface area contributed by atoms with Crippen LogP contribution in [0, 0.1) is 11.8 Å². The molecule has 1 amide bonds. The summed E-state index contributed by atoms with van der Waals surface area (Å²) in [5.41, 5.74) is -0.573.